The highest BCUT2D eigenvalue weighted by Crippen LogP contribution is 2.46. The maximum atomic E-state index is 12.6. The molecule has 1 heterocycles. The van der Waals surface area contributed by atoms with Crippen LogP contribution < -0.4 is 10.6 Å². The lowest BCUT2D eigenvalue weighted by atomic mass is 10.0. The average Bonchev–Trinajstić information content (AvgIpc) is 3.45. The van der Waals surface area contributed by atoms with Crippen molar-refractivity contribution in [1.29, 1.82) is 5.26 Å². The molecule has 140 valence electrons. The van der Waals surface area contributed by atoms with Crippen molar-refractivity contribution in [1.82, 2.24) is 10.3 Å². The molecule has 0 unspecified atom stereocenters. The van der Waals surface area contributed by atoms with Gasteiger partial charge in [-0.2, -0.15) is 5.26 Å². The van der Waals surface area contributed by atoms with Gasteiger partial charge in [0.1, 0.15) is 5.41 Å². The zero-order valence-electron chi connectivity index (χ0n) is 15.3. The summed E-state index contributed by atoms with van der Waals surface area (Å²) >= 11 is 0. The number of nitrogens with zero attached hydrogens (tertiary/aromatic N) is 1. The van der Waals surface area contributed by atoms with Gasteiger partial charge in [-0.15, -0.1) is 0 Å². The first kappa shape index (κ1) is 17.8. The SMILES string of the molecule is N#Cc1ccc(NC(=O)C2(C(=O)NCCc3c[nH]c4ccccc34)CC2)cc1. The summed E-state index contributed by atoms with van der Waals surface area (Å²) in [6.45, 7) is 0.479. The molecule has 0 bridgehead atoms. The van der Waals surface area contributed by atoms with Crippen LogP contribution in [0.3, 0.4) is 0 Å². The van der Waals surface area contributed by atoms with Gasteiger partial charge in [0, 0.05) is 29.3 Å². The molecule has 0 atom stereocenters. The lowest BCUT2D eigenvalue weighted by Gasteiger charge is -2.15. The topological polar surface area (TPSA) is 97.8 Å². The van der Waals surface area contributed by atoms with Crippen molar-refractivity contribution < 1.29 is 9.59 Å². The van der Waals surface area contributed by atoms with Gasteiger partial charge in [0.05, 0.1) is 11.6 Å². The van der Waals surface area contributed by atoms with E-state index in [4.69, 9.17) is 5.26 Å². The molecule has 1 aliphatic carbocycles. The van der Waals surface area contributed by atoms with Crippen LogP contribution in [0.15, 0.2) is 54.7 Å². The van der Waals surface area contributed by atoms with E-state index in [-0.39, 0.29) is 11.8 Å². The number of aromatic nitrogens is 1. The third-order valence-electron chi connectivity index (χ3n) is 5.25. The fraction of sp³-hybridized carbons (Fsp3) is 0.227. The van der Waals surface area contributed by atoms with Crippen molar-refractivity contribution in [3.63, 3.8) is 0 Å². The number of benzene rings is 2. The summed E-state index contributed by atoms with van der Waals surface area (Å²) in [5.41, 5.74) is 2.34. The van der Waals surface area contributed by atoms with Crippen LogP contribution in [0.2, 0.25) is 0 Å². The molecule has 0 radical (unpaired) electrons. The molecule has 28 heavy (non-hydrogen) atoms. The molecular formula is C22H20N4O2. The zero-order chi connectivity index (χ0) is 19.6. The summed E-state index contributed by atoms with van der Waals surface area (Å²) in [6, 6.07) is 16.7. The number of hydrogen-bond donors (Lipinski definition) is 3. The van der Waals surface area contributed by atoms with Crippen molar-refractivity contribution >= 4 is 28.4 Å². The maximum absolute atomic E-state index is 12.6. The number of H-pyrrole nitrogens is 1. The summed E-state index contributed by atoms with van der Waals surface area (Å²) < 4.78 is 0. The minimum absolute atomic E-state index is 0.224. The molecule has 1 aliphatic rings. The second-order valence-electron chi connectivity index (χ2n) is 7.09. The number of para-hydroxylation sites is 1. The monoisotopic (exact) mass is 372 g/mol. The van der Waals surface area contributed by atoms with E-state index in [1.54, 1.807) is 24.3 Å². The average molecular weight is 372 g/mol. The lowest BCUT2D eigenvalue weighted by Crippen LogP contribution is -2.40. The van der Waals surface area contributed by atoms with Crippen LogP contribution in [0.1, 0.15) is 24.0 Å². The third-order valence-corrected chi connectivity index (χ3v) is 5.25. The number of aromatic amines is 1. The number of anilines is 1. The van der Waals surface area contributed by atoms with Gasteiger partial charge >= 0.3 is 0 Å². The predicted octanol–water partition coefficient (Wildman–Crippen LogP) is 3.12. The molecule has 1 saturated carbocycles. The van der Waals surface area contributed by atoms with Gasteiger partial charge in [0.15, 0.2) is 0 Å². The number of hydrogen-bond acceptors (Lipinski definition) is 3. The normalized spacial score (nSPS) is 14.2. The number of fused-ring (bicyclic) bond motifs is 1. The summed E-state index contributed by atoms with van der Waals surface area (Å²) in [5, 5.41) is 15.7. The molecule has 3 N–H and O–H groups in total. The molecule has 0 aliphatic heterocycles. The molecule has 6 nitrogen and oxygen atoms in total. The highest BCUT2D eigenvalue weighted by atomic mass is 16.2. The Morgan fingerprint density at radius 3 is 2.54 bits per heavy atom. The minimum Gasteiger partial charge on any atom is -0.361 e. The van der Waals surface area contributed by atoms with Gasteiger partial charge in [-0.05, 0) is 55.2 Å². The Balaban J connectivity index is 1.34. The third kappa shape index (κ3) is 3.35. The molecule has 1 aromatic heterocycles. The van der Waals surface area contributed by atoms with Gasteiger partial charge in [0.25, 0.3) is 0 Å². The first-order chi connectivity index (χ1) is 13.6. The van der Waals surface area contributed by atoms with Crippen LogP contribution in [0.4, 0.5) is 5.69 Å². The van der Waals surface area contributed by atoms with Crippen molar-refractivity contribution in [2.24, 2.45) is 5.41 Å². The molecule has 4 rings (SSSR count). The Morgan fingerprint density at radius 2 is 1.82 bits per heavy atom. The van der Waals surface area contributed by atoms with E-state index in [0.29, 0.717) is 37.1 Å². The first-order valence-corrected chi connectivity index (χ1v) is 9.27. The first-order valence-electron chi connectivity index (χ1n) is 9.27. The summed E-state index contributed by atoms with van der Waals surface area (Å²) in [5.74, 6) is -0.514. The Morgan fingerprint density at radius 1 is 1.07 bits per heavy atom. The van der Waals surface area contributed by atoms with Crippen LogP contribution in [0.25, 0.3) is 10.9 Å². The second-order valence-corrected chi connectivity index (χ2v) is 7.09. The zero-order valence-corrected chi connectivity index (χ0v) is 15.3. The molecular weight excluding hydrogens is 352 g/mol. The number of nitrogens with one attached hydrogen (secondary N) is 3. The molecule has 1 fully saturated rings. The van der Waals surface area contributed by atoms with Gasteiger partial charge < -0.3 is 15.6 Å². The predicted molar refractivity (Wildman–Crippen MR) is 106 cm³/mol. The summed E-state index contributed by atoms with van der Waals surface area (Å²) in [4.78, 5) is 28.5. The fourth-order valence-electron chi connectivity index (χ4n) is 3.38. The largest absolute Gasteiger partial charge is 0.361 e. The van der Waals surface area contributed by atoms with Crippen LogP contribution in [0.5, 0.6) is 0 Å². The quantitative estimate of drug-likeness (QED) is 0.580. The standard InChI is InChI=1S/C22H20N4O2/c23-13-15-5-7-17(8-6-15)26-21(28)22(10-11-22)20(27)24-12-9-16-14-25-19-4-2-1-3-18(16)19/h1-8,14,25H,9-12H2,(H,24,27)(H,26,28). The summed E-state index contributed by atoms with van der Waals surface area (Å²) in [7, 11) is 0. The van der Waals surface area contributed by atoms with Gasteiger partial charge in [0.2, 0.25) is 11.8 Å². The number of rotatable bonds is 6. The van der Waals surface area contributed by atoms with E-state index in [9.17, 15) is 9.59 Å². The Kier molecular flexibility index (Phi) is 4.58. The van der Waals surface area contributed by atoms with E-state index in [1.807, 2.05) is 30.5 Å². The van der Waals surface area contributed by atoms with E-state index < -0.39 is 5.41 Å². The molecule has 3 aromatic rings. The smallest absolute Gasteiger partial charge is 0.240 e. The van der Waals surface area contributed by atoms with Crippen molar-refractivity contribution in [3.05, 3.63) is 65.9 Å². The maximum Gasteiger partial charge on any atom is 0.240 e. The molecule has 0 spiro atoms. The van der Waals surface area contributed by atoms with E-state index in [2.05, 4.69) is 21.7 Å². The van der Waals surface area contributed by atoms with Crippen LogP contribution in [0, 0.1) is 16.7 Å². The Hall–Kier alpha value is -3.59. The molecule has 2 amide bonds. The van der Waals surface area contributed by atoms with Gasteiger partial charge in [-0.25, -0.2) is 0 Å². The summed E-state index contributed by atoms with van der Waals surface area (Å²) in [6.07, 6.45) is 3.76. The number of nitriles is 1. The highest BCUT2D eigenvalue weighted by molar-refractivity contribution is 6.13. The van der Waals surface area contributed by atoms with E-state index in [0.717, 1.165) is 16.5 Å². The fourth-order valence-corrected chi connectivity index (χ4v) is 3.38. The van der Waals surface area contributed by atoms with Crippen molar-refractivity contribution in [2.75, 3.05) is 11.9 Å². The Bertz CT molecular complexity index is 1070. The lowest BCUT2D eigenvalue weighted by molar-refractivity contribution is -0.134. The number of amides is 2. The molecule has 6 heteroatoms. The Labute approximate surface area is 162 Å². The van der Waals surface area contributed by atoms with E-state index in [1.165, 1.54) is 0 Å². The molecule has 2 aromatic carbocycles. The van der Waals surface area contributed by atoms with Crippen LogP contribution >= 0.6 is 0 Å². The van der Waals surface area contributed by atoms with Crippen LogP contribution in [-0.4, -0.2) is 23.3 Å². The number of carbonyl (C=O) groups is 2. The van der Waals surface area contributed by atoms with Gasteiger partial charge in [-0.3, -0.25) is 9.59 Å². The minimum atomic E-state index is -0.978. The number of carbonyl (C=O) groups excluding carboxylic acids is 2. The van der Waals surface area contributed by atoms with Crippen molar-refractivity contribution in [3.8, 4) is 6.07 Å². The second kappa shape index (κ2) is 7.20. The molecule has 0 saturated heterocycles. The van der Waals surface area contributed by atoms with Gasteiger partial charge in [-0.1, -0.05) is 18.2 Å². The van der Waals surface area contributed by atoms with Crippen molar-refractivity contribution in [2.45, 2.75) is 19.3 Å². The van der Waals surface area contributed by atoms with Crippen LogP contribution in [-0.2, 0) is 16.0 Å². The van der Waals surface area contributed by atoms with E-state index >= 15 is 0 Å². The highest BCUT2D eigenvalue weighted by Gasteiger charge is 2.56.